The molecule has 4 aromatic heterocycles. The first-order valence-corrected chi connectivity index (χ1v) is 22.1. The van der Waals surface area contributed by atoms with Crippen molar-refractivity contribution in [3.05, 3.63) is 156 Å². The molecule has 0 fully saturated rings. The third kappa shape index (κ3) is 12.1. The van der Waals surface area contributed by atoms with Crippen molar-refractivity contribution < 1.29 is 38.5 Å². The van der Waals surface area contributed by atoms with Gasteiger partial charge < -0.3 is 30.0 Å². The van der Waals surface area contributed by atoms with Gasteiger partial charge >= 0.3 is 11.9 Å². The lowest BCUT2D eigenvalue weighted by molar-refractivity contribution is 0.0599. The summed E-state index contributed by atoms with van der Waals surface area (Å²) in [7, 11) is 1.27. The number of fused-ring (bicyclic) bond motifs is 2. The predicted octanol–water partition coefficient (Wildman–Crippen LogP) is 9.64. The second kappa shape index (κ2) is 22.5. The zero-order chi connectivity index (χ0) is 50.6. The van der Waals surface area contributed by atoms with E-state index in [0.717, 1.165) is 11.1 Å². The lowest BCUT2D eigenvalue weighted by Gasteiger charge is -2.12. The third-order valence-electron chi connectivity index (χ3n) is 10.7. The standard InChI is InChI=1S/C28H24N4O4.C27H22N4O4/c1-5-12-36-22-10-11-24-23(14-22)25(19-8-6-18(7-9-19)17(2)3)32-26(31-24)27(33)30-21-13-20(15-29-16-21)28(34)35-4;1-4-11-35-21-9-10-23-22(13-21)24(18-7-5-17(6-8-18)16(2)3)31-25(30-23)26(32)29-20-12-19(27(33)34)14-28-15-20/h1,6-11,13-17H,12H2,2-4H3,(H,30,33);1,5-10,12-16H,11H2,2-3H3,(H,29,32)(H,33,34). The number of methoxy groups -OCH3 is 1. The number of carbonyl (C=O) groups excluding carboxylic acids is 3. The van der Waals surface area contributed by atoms with Crippen LogP contribution in [0.5, 0.6) is 11.5 Å². The molecule has 0 saturated heterocycles. The number of anilines is 2. The molecule has 8 aromatic rings. The zero-order valence-electron chi connectivity index (χ0n) is 39.3. The number of carboxylic acid groups (broad SMARTS) is 1. The lowest BCUT2D eigenvalue weighted by Crippen LogP contribution is -2.17. The molecule has 4 aromatic carbocycles. The molecule has 0 aliphatic carbocycles. The molecule has 8 rings (SSSR count). The van der Waals surface area contributed by atoms with E-state index in [4.69, 9.17) is 27.1 Å². The Hall–Kier alpha value is -9.54. The largest absolute Gasteiger partial charge is 0.481 e. The number of carbonyl (C=O) groups is 4. The second-order valence-corrected chi connectivity index (χ2v) is 16.3. The van der Waals surface area contributed by atoms with Gasteiger partial charge in [-0.25, -0.2) is 29.5 Å². The zero-order valence-corrected chi connectivity index (χ0v) is 39.3. The molecule has 16 heteroatoms. The molecule has 0 radical (unpaired) electrons. The van der Waals surface area contributed by atoms with Gasteiger partial charge in [0, 0.05) is 34.3 Å². The van der Waals surface area contributed by atoms with Crippen LogP contribution in [-0.2, 0) is 4.74 Å². The molecule has 3 N–H and O–H groups in total. The van der Waals surface area contributed by atoms with Crippen molar-refractivity contribution in [2.45, 2.75) is 39.5 Å². The maximum atomic E-state index is 13.1. The number of nitrogens with one attached hydrogen (secondary N) is 2. The van der Waals surface area contributed by atoms with Crippen molar-refractivity contribution in [3.8, 4) is 58.7 Å². The summed E-state index contributed by atoms with van der Waals surface area (Å²) in [5.74, 6) is 3.81. The Kier molecular flexibility index (Phi) is 15.6. The highest BCUT2D eigenvalue weighted by atomic mass is 16.5. The number of aromatic carboxylic acids is 1. The van der Waals surface area contributed by atoms with Crippen LogP contribution in [0, 0.1) is 24.7 Å². The highest BCUT2D eigenvalue weighted by molar-refractivity contribution is 6.06. The number of nitrogens with zero attached hydrogens (tertiary/aromatic N) is 6. The number of ether oxygens (including phenoxy) is 3. The number of carboxylic acids is 1. The molecule has 0 atom stereocenters. The number of esters is 1. The van der Waals surface area contributed by atoms with E-state index in [1.807, 2.05) is 54.6 Å². The van der Waals surface area contributed by atoms with E-state index in [2.05, 4.69) is 80.1 Å². The van der Waals surface area contributed by atoms with Gasteiger partial charge in [0.2, 0.25) is 11.6 Å². The van der Waals surface area contributed by atoms with Gasteiger partial charge in [0.05, 0.1) is 64.4 Å². The van der Waals surface area contributed by atoms with Crippen LogP contribution in [-0.4, -0.2) is 79.1 Å². The van der Waals surface area contributed by atoms with Gasteiger partial charge in [0.25, 0.3) is 11.8 Å². The summed E-state index contributed by atoms with van der Waals surface area (Å²) >= 11 is 0. The highest BCUT2D eigenvalue weighted by Crippen LogP contribution is 2.32. The molecule has 2 amide bonds. The van der Waals surface area contributed by atoms with Crippen LogP contribution in [0.1, 0.15) is 92.6 Å². The number of pyridine rings is 2. The molecule has 354 valence electrons. The Morgan fingerprint density at radius 3 is 1.39 bits per heavy atom. The number of rotatable bonds is 14. The van der Waals surface area contributed by atoms with Gasteiger partial charge in [-0.1, -0.05) is 88.1 Å². The smallest absolute Gasteiger partial charge is 0.339 e. The van der Waals surface area contributed by atoms with E-state index in [-0.39, 0.29) is 41.7 Å². The summed E-state index contributed by atoms with van der Waals surface area (Å²) in [5, 5.41) is 15.9. The highest BCUT2D eigenvalue weighted by Gasteiger charge is 2.20. The van der Waals surface area contributed by atoms with Crippen molar-refractivity contribution in [1.29, 1.82) is 0 Å². The van der Waals surface area contributed by atoms with Gasteiger partial charge in [-0.2, -0.15) is 0 Å². The molecule has 4 heterocycles. The molecule has 0 unspecified atom stereocenters. The van der Waals surface area contributed by atoms with Gasteiger partial charge in [0.15, 0.2) is 0 Å². The average Bonchev–Trinajstić information content (AvgIpc) is 3.39. The van der Waals surface area contributed by atoms with Gasteiger partial charge in [-0.05, 0) is 71.5 Å². The molecule has 0 saturated carbocycles. The summed E-state index contributed by atoms with van der Waals surface area (Å²) in [6, 6.07) is 29.3. The first-order chi connectivity index (χ1) is 34.2. The molecule has 16 nitrogen and oxygen atoms in total. The van der Waals surface area contributed by atoms with Crippen molar-refractivity contribution >= 4 is 56.9 Å². The molecule has 0 aliphatic rings. The monoisotopic (exact) mass is 946 g/mol. The number of aromatic nitrogens is 6. The van der Waals surface area contributed by atoms with E-state index in [1.165, 1.54) is 55.2 Å². The number of hydrogen-bond donors (Lipinski definition) is 3. The predicted molar refractivity (Wildman–Crippen MR) is 269 cm³/mol. The fraction of sp³-hybridized carbons (Fsp3) is 0.164. The maximum absolute atomic E-state index is 13.1. The van der Waals surface area contributed by atoms with Crippen LogP contribution in [0.25, 0.3) is 44.3 Å². The summed E-state index contributed by atoms with van der Waals surface area (Å²) in [4.78, 5) is 75.1. The molecule has 71 heavy (non-hydrogen) atoms. The van der Waals surface area contributed by atoms with E-state index < -0.39 is 23.8 Å². The van der Waals surface area contributed by atoms with Crippen molar-refractivity contribution in [1.82, 2.24) is 29.9 Å². The number of amides is 2. The third-order valence-corrected chi connectivity index (χ3v) is 10.7. The van der Waals surface area contributed by atoms with E-state index in [1.54, 1.807) is 30.3 Å². The first-order valence-electron chi connectivity index (χ1n) is 22.1. The Balaban J connectivity index is 0.000000209. The Morgan fingerprint density at radius 1 is 0.577 bits per heavy atom. The fourth-order valence-electron chi connectivity index (χ4n) is 7.08. The van der Waals surface area contributed by atoms with E-state index in [0.29, 0.717) is 62.2 Å². The van der Waals surface area contributed by atoms with Gasteiger partial charge in [0.1, 0.15) is 24.7 Å². The van der Waals surface area contributed by atoms with Crippen molar-refractivity contribution in [2.75, 3.05) is 31.0 Å². The van der Waals surface area contributed by atoms with Crippen LogP contribution in [0.3, 0.4) is 0 Å². The van der Waals surface area contributed by atoms with Crippen LogP contribution in [0.2, 0.25) is 0 Å². The first kappa shape index (κ1) is 49.4. The lowest BCUT2D eigenvalue weighted by atomic mass is 9.99. The number of benzene rings is 4. The summed E-state index contributed by atoms with van der Waals surface area (Å²) < 4.78 is 15.9. The number of terminal acetylenes is 2. The molecule has 0 bridgehead atoms. The second-order valence-electron chi connectivity index (χ2n) is 16.3. The number of hydrogen-bond acceptors (Lipinski definition) is 13. The minimum atomic E-state index is -1.15. The molecular formula is C55H46N8O8. The SMILES string of the molecule is C#CCOc1ccc2nc(C(=O)Nc3cncc(C(=O)O)c3)nc(-c3ccc(C(C)C)cc3)c2c1.C#CCOc1ccc2nc(C(=O)Nc3cncc(C(=O)OC)c3)nc(-c3ccc(C(C)C)cc3)c2c1. The van der Waals surface area contributed by atoms with Crippen LogP contribution in [0.15, 0.2) is 122 Å². The minimum absolute atomic E-state index is 0.0359. The van der Waals surface area contributed by atoms with Gasteiger partial charge in [-0.15, -0.1) is 12.8 Å². The summed E-state index contributed by atoms with van der Waals surface area (Å²) in [6.07, 6.45) is 16.0. The van der Waals surface area contributed by atoms with Crippen LogP contribution < -0.4 is 20.1 Å². The normalized spacial score (nSPS) is 10.7. The van der Waals surface area contributed by atoms with Gasteiger partial charge in [-0.3, -0.25) is 19.6 Å². The van der Waals surface area contributed by atoms with Crippen molar-refractivity contribution in [2.24, 2.45) is 0 Å². The van der Waals surface area contributed by atoms with Crippen LogP contribution >= 0.6 is 0 Å². The molecule has 0 spiro atoms. The maximum Gasteiger partial charge on any atom is 0.339 e. The molecular weight excluding hydrogens is 901 g/mol. The topological polar surface area (TPSA) is 218 Å². The van der Waals surface area contributed by atoms with E-state index in [9.17, 15) is 24.3 Å². The summed E-state index contributed by atoms with van der Waals surface area (Å²) in [6.45, 7) is 8.72. The van der Waals surface area contributed by atoms with E-state index >= 15 is 0 Å². The fourth-order valence-corrected chi connectivity index (χ4v) is 7.08. The Labute approximate surface area is 408 Å². The summed E-state index contributed by atoms with van der Waals surface area (Å²) in [5.41, 5.74) is 6.92. The average molecular weight is 947 g/mol. The molecule has 0 aliphatic heterocycles. The minimum Gasteiger partial charge on any atom is -0.481 e. The Morgan fingerprint density at radius 2 is 1.00 bits per heavy atom. The Bertz CT molecular complexity index is 3380. The quantitative estimate of drug-likeness (QED) is 0.0683. The van der Waals surface area contributed by atoms with Crippen molar-refractivity contribution in [3.63, 3.8) is 0 Å². The van der Waals surface area contributed by atoms with Crippen LogP contribution in [0.4, 0.5) is 11.4 Å².